The third-order valence-electron chi connectivity index (χ3n) is 1.60. The van der Waals surface area contributed by atoms with Gasteiger partial charge in [-0.05, 0) is 0 Å². The van der Waals surface area contributed by atoms with Gasteiger partial charge in [0.1, 0.15) is 0 Å². The Morgan fingerprint density at radius 3 is 1.75 bits per heavy atom. The molecule has 0 aliphatic rings. The van der Waals surface area contributed by atoms with E-state index < -0.39 is 14.7 Å². The molecule has 0 aromatic rings. The Hall–Kier alpha value is 0.518. The summed E-state index contributed by atoms with van der Waals surface area (Å²) < 4.78 is 0.243. The van der Waals surface area contributed by atoms with Crippen molar-refractivity contribution in [2.75, 3.05) is 6.61 Å². The van der Waals surface area contributed by atoms with Gasteiger partial charge in [-0.3, -0.25) is 0 Å². The van der Waals surface area contributed by atoms with Gasteiger partial charge in [0.15, 0.2) is 0 Å². The summed E-state index contributed by atoms with van der Waals surface area (Å²) in [6.45, 7) is 4.61. The molecule has 0 aliphatic carbocycles. The van der Waals surface area contributed by atoms with Gasteiger partial charge in [-0.1, -0.05) is 0 Å². The summed E-state index contributed by atoms with van der Waals surface area (Å²) in [4.78, 5) is 0. The Balaban J connectivity index is 3.71. The van der Waals surface area contributed by atoms with E-state index in [4.69, 9.17) is 5.11 Å². The molecule has 0 saturated carbocycles. The molecule has 0 fully saturated rings. The van der Waals surface area contributed by atoms with Gasteiger partial charge in [0.2, 0.25) is 0 Å². The second-order valence-electron chi connectivity index (χ2n) is 2.86. The topological polar surface area (TPSA) is 20.2 Å². The average molecular weight is 178 g/mol. The summed E-state index contributed by atoms with van der Waals surface area (Å²) in [5, 5.41) is 8.80. The van der Waals surface area contributed by atoms with E-state index in [0.717, 1.165) is 0 Å². The zero-order valence-electron chi connectivity index (χ0n) is 6.10. The first-order valence-corrected chi connectivity index (χ1v) is 7.48. The number of hydrogen-bond acceptors (Lipinski definition) is 1. The van der Waals surface area contributed by atoms with Crippen LogP contribution in [-0.2, 0) is 0 Å². The van der Waals surface area contributed by atoms with Gasteiger partial charge in [0.25, 0.3) is 0 Å². The molecule has 0 radical (unpaired) electrons. The van der Waals surface area contributed by atoms with Crippen LogP contribution in [0.4, 0.5) is 0 Å². The Morgan fingerprint density at radius 2 is 1.75 bits per heavy atom. The van der Waals surface area contributed by atoms with Gasteiger partial charge in [0.05, 0.1) is 0 Å². The number of aliphatic hydroxyl groups excluding tert-OH is 1. The maximum atomic E-state index is 8.80. The van der Waals surface area contributed by atoms with Gasteiger partial charge in [-0.15, -0.1) is 0 Å². The van der Waals surface area contributed by atoms with Crippen molar-refractivity contribution in [1.29, 1.82) is 0 Å². The molecular weight excluding hydrogens is 163 g/mol. The van der Waals surface area contributed by atoms with Crippen LogP contribution in [0.5, 0.6) is 0 Å². The van der Waals surface area contributed by atoms with Gasteiger partial charge < -0.3 is 0 Å². The van der Waals surface area contributed by atoms with Crippen molar-refractivity contribution >= 4 is 14.7 Å². The molecule has 1 N–H and O–H groups in total. The predicted octanol–water partition coefficient (Wildman–Crippen LogP) is 1.51. The van der Waals surface area contributed by atoms with Crippen LogP contribution in [0.15, 0.2) is 0 Å². The van der Waals surface area contributed by atoms with E-state index in [1.165, 1.54) is 0 Å². The zero-order chi connectivity index (χ0) is 6.78. The summed E-state index contributed by atoms with van der Waals surface area (Å²) >= 11 is -0.689. The molecule has 0 amide bonds. The molecule has 0 aromatic heterocycles. The van der Waals surface area contributed by atoms with Crippen molar-refractivity contribution in [2.24, 2.45) is 0 Å². The van der Waals surface area contributed by atoms with E-state index in [2.05, 4.69) is 25.3 Å². The predicted molar refractivity (Wildman–Crippen MR) is 38.6 cm³/mol. The van der Waals surface area contributed by atoms with Gasteiger partial charge in [0, 0.05) is 0 Å². The molecule has 0 aromatic carbocycles. The second-order valence-corrected chi connectivity index (χ2v) is 9.16. The Labute approximate surface area is 56.4 Å². The fourth-order valence-electron chi connectivity index (χ4n) is 0.141. The Kier molecular flexibility index (Phi) is 3.07. The first-order valence-electron chi connectivity index (χ1n) is 2.79. The van der Waals surface area contributed by atoms with E-state index in [1.54, 1.807) is 0 Å². The van der Waals surface area contributed by atoms with Crippen LogP contribution < -0.4 is 0 Å². The van der Waals surface area contributed by atoms with E-state index in [0.29, 0.717) is 6.61 Å². The number of rotatable bonds is 2. The van der Waals surface area contributed by atoms with E-state index >= 15 is 0 Å². The monoisotopic (exact) mass is 178 g/mol. The van der Waals surface area contributed by atoms with Crippen LogP contribution in [0.3, 0.4) is 0 Å². The Morgan fingerprint density at radius 1 is 1.38 bits per heavy atom. The van der Waals surface area contributed by atoms with Crippen LogP contribution in [0.25, 0.3) is 0 Å². The van der Waals surface area contributed by atoms with Gasteiger partial charge in [-0.2, -0.15) is 0 Å². The van der Waals surface area contributed by atoms with Crippen LogP contribution in [0.2, 0.25) is 15.6 Å². The molecule has 0 saturated heterocycles. The quantitative estimate of drug-likeness (QED) is 0.635. The van der Waals surface area contributed by atoms with Crippen molar-refractivity contribution in [3.8, 4) is 0 Å². The molecular formula is C6H15AsO. The molecule has 1 nitrogen and oxygen atoms in total. The van der Waals surface area contributed by atoms with Crippen LogP contribution in [-0.4, -0.2) is 26.4 Å². The zero-order valence-corrected chi connectivity index (χ0v) is 7.98. The molecule has 2 heteroatoms. The average Bonchev–Trinajstić information content (AvgIpc) is 1.67. The molecule has 0 unspecified atom stereocenters. The van der Waals surface area contributed by atoms with Crippen LogP contribution in [0, 0.1) is 0 Å². The summed E-state index contributed by atoms with van der Waals surface area (Å²) in [6, 6.07) is 0. The third kappa shape index (κ3) is 2.19. The van der Waals surface area contributed by atoms with Gasteiger partial charge >= 0.3 is 55.8 Å². The summed E-state index contributed by atoms with van der Waals surface area (Å²) in [6.07, 6.45) is 0. The first-order chi connectivity index (χ1) is 3.50. The normalized spacial score (nSPS) is 12.8. The summed E-state index contributed by atoms with van der Waals surface area (Å²) in [5.41, 5.74) is 4.53. The molecule has 0 rings (SSSR count). The third-order valence-corrected chi connectivity index (χ3v) is 6.97. The minimum absolute atomic E-state index is 0.243. The van der Waals surface area contributed by atoms with E-state index in [9.17, 15) is 0 Å². The maximum absolute atomic E-state index is 8.80. The molecule has 50 valence electrons. The molecule has 0 bridgehead atoms. The molecule has 0 spiro atoms. The van der Waals surface area contributed by atoms with Crippen LogP contribution in [0.1, 0.15) is 13.8 Å². The standard InChI is InChI=1S/C6H15AsO/c1-6(2,5-8)7(3)4/h8H,5H2,1-4H3. The molecule has 8 heavy (non-hydrogen) atoms. The van der Waals surface area contributed by atoms with Crippen molar-refractivity contribution in [3.05, 3.63) is 0 Å². The molecule has 0 atom stereocenters. The second kappa shape index (κ2) is 2.89. The van der Waals surface area contributed by atoms with E-state index in [-0.39, 0.29) is 4.20 Å². The number of hydrogen-bond donors (Lipinski definition) is 1. The van der Waals surface area contributed by atoms with Gasteiger partial charge in [-0.25, -0.2) is 0 Å². The van der Waals surface area contributed by atoms with Crippen molar-refractivity contribution in [1.82, 2.24) is 0 Å². The molecule has 0 aliphatic heterocycles. The SMILES string of the molecule is C[As](C)C(C)(C)CO. The number of aliphatic hydroxyl groups is 1. The summed E-state index contributed by atoms with van der Waals surface area (Å²) in [5.74, 6) is 0. The summed E-state index contributed by atoms with van der Waals surface area (Å²) in [7, 11) is 0. The first kappa shape index (κ1) is 8.52. The van der Waals surface area contributed by atoms with E-state index in [1.807, 2.05) is 0 Å². The fraction of sp³-hybridized carbons (Fsp3) is 1.00. The van der Waals surface area contributed by atoms with Crippen molar-refractivity contribution in [3.63, 3.8) is 0 Å². The minimum atomic E-state index is -0.689. The van der Waals surface area contributed by atoms with Crippen molar-refractivity contribution < 1.29 is 5.11 Å². The van der Waals surface area contributed by atoms with Crippen LogP contribution >= 0.6 is 0 Å². The van der Waals surface area contributed by atoms with Crippen molar-refractivity contribution in [2.45, 2.75) is 29.5 Å². The Bertz CT molecular complexity index is 68.9. The molecule has 0 heterocycles. The fourth-order valence-corrected chi connectivity index (χ4v) is 0.735.